The maximum absolute atomic E-state index is 14.0. The van der Waals surface area contributed by atoms with Gasteiger partial charge >= 0.3 is 0 Å². The molecular formula is C24H24FN3O3. The van der Waals surface area contributed by atoms with Crippen LogP contribution in [0.15, 0.2) is 60.8 Å². The molecule has 0 N–H and O–H groups in total. The van der Waals surface area contributed by atoms with E-state index in [1.54, 1.807) is 47.2 Å². The molecule has 1 unspecified atom stereocenters. The molecule has 1 saturated heterocycles. The maximum atomic E-state index is 14.0. The van der Waals surface area contributed by atoms with E-state index in [2.05, 4.69) is 4.98 Å². The lowest BCUT2D eigenvalue weighted by Crippen LogP contribution is -2.57. The Labute approximate surface area is 180 Å². The molecule has 6 nitrogen and oxygen atoms in total. The Morgan fingerprint density at radius 2 is 1.87 bits per heavy atom. The fourth-order valence-corrected chi connectivity index (χ4v) is 3.91. The highest BCUT2D eigenvalue weighted by Crippen LogP contribution is 2.27. The van der Waals surface area contributed by atoms with Crippen LogP contribution >= 0.6 is 0 Å². The SMILES string of the molecule is CC(Oc1ccc(F)c2cccnc12)C(=O)N1CCN(C(=O)c2ccccc2)C[C@H]1C. The fourth-order valence-electron chi connectivity index (χ4n) is 3.91. The number of pyridine rings is 1. The summed E-state index contributed by atoms with van der Waals surface area (Å²) in [5, 5.41) is 0.348. The number of benzene rings is 2. The van der Waals surface area contributed by atoms with E-state index < -0.39 is 6.10 Å². The van der Waals surface area contributed by atoms with Gasteiger partial charge < -0.3 is 14.5 Å². The van der Waals surface area contributed by atoms with Crippen molar-refractivity contribution in [3.8, 4) is 5.75 Å². The molecule has 2 aromatic carbocycles. The molecule has 0 bridgehead atoms. The van der Waals surface area contributed by atoms with E-state index >= 15 is 0 Å². The van der Waals surface area contributed by atoms with Crippen molar-refractivity contribution in [3.63, 3.8) is 0 Å². The van der Waals surface area contributed by atoms with E-state index in [-0.39, 0.29) is 23.7 Å². The molecule has 1 aliphatic rings. The molecule has 0 radical (unpaired) electrons. The summed E-state index contributed by atoms with van der Waals surface area (Å²) < 4.78 is 19.9. The molecule has 4 rings (SSSR count). The second-order valence-corrected chi connectivity index (χ2v) is 7.70. The molecule has 0 spiro atoms. The summed E-state index contributed by atoms with van der Waals surface area (Å²) in [5.74, 6) is -0.230. The minimum Gasteiger partial charge on any atom is -0.479 e. The third-order valence-corrected chi connectivity index (χ3v) is 5.55. The number of nitrogens with zero attached hydrogens (tertiary/aromatic N) is 3. The highest BCUT2D eigenvalue weighted by atomic mass is 19.1. The number of ether oxygens (including phenoxy) is 1. The van der Waals surface area contributed by atoms with Gasteiger partial charge in [0.05, 0.1) is 0 Å². The molecule has 2 amide bonds. The van der Waals surface area contributed by atoms with Crippen LogP contribution in [0, 0.1) is 5.82 Å². The summed E-state index contributed by atoms with van der Waals surface area (Å²) in [7, 11) is 0. The maximum Gasteiger partial charge on any atom is 0.263 e. The topological polar surface area (TPSA) is 62.7 Å². The van der Waals surface area contributed by atoms with Crippen molar-refractivity contribution >= 4 is 22.7 Å². The van der Waals surface area contributed by atoms with Gasteiger partial charge in [-0.3, -0.25) is 14.6 Å². The minimum atomic E-state index is -0.769. The van der Waals surface area contributed by atoms with E-state index in [4.69, 9.17) is 4.74 Å². The van der Waals surface area contributed by atoms with Crippen LogP contribution in [0.25, 0.3) is 10.9 Å². The number of carbonyl (C=O) groups excluding carboxylic acids is 2. The van der Waals surface area contributed by atoms with Crippen molar-refractivity contribution in [2.45, 2.75) is 26.0 Å². The third kappa shape index (κ3) is 4.21. The second-order valence-electron chi connectivity index (χ2n) is 7.70. The van der Waals surface area contributed by atoms with Gasteiger partial charge in [0.25, 0.3) is 11.8 Å². The van der Waals surface area contributed by atoms with Gasteiger partial charge in [0.1, 0.15) is 17.1 Å². The van der Waals surface area contributed by atoms with Gasteiger partial charge in [-0.15, -0.1) is 0 Å². The number of amides is 2. The van der Waals surface area contributed by atoms with E-state index in [0.29, 0.717) is 41.9 Å². The zero-order chi connectivity index (χ0) is 22.0. The Morgan fingerprint density at radius 1 is 1.10 bits per heavy atom. The molecule has 0 aliphatic carbocycles. The van der Waals surface area contributed by atoms with E-state index in [1.165, 1.54) is 12.1 Å². The summed E-state index contributed by atoms with van der Waals surface area (Å²) in [6.07, 6.45) is 0.793. The number of carbonyl (C=O) groups is 2. The largest absolute Gasteiger partial charge is 0.479 e. The van der Waals surface area contributed by atoms with Crippen LogP contribution in [-0.2, 0) is 4.79 Å². The van der Waals surface area contributed by atoms with Gasteiger partial charge in [-0.1, -0.05) is 18.2 Å². The van der Waals surface area contributed by atoms with E-state index in [1.807, 2.05) is 25.1 Å². The average molecular weight is 421 g/mol. The van der Waals surface area contributed by atoms with E-state index in [0.717, 1.165) is 0 Å². The first-order chi connectivity index (χ1) is 15.0. The highest BCUT2D eigenvalue weighted by molar-refractivity contribution is 5.94. The molecule has 1 fully saturated rings. The van der Waals surface area contributed by atoms with Gasteiger partial charge in [-0.25, -0.2) is 4.39 Å². The van der Waals surface area contributed by atoms with Gasteiger partial charge in [0, 0.05) is 42.8 Å². The fraction of sp³-hybridized carbons (Fsp3) is 0.292. The normalized spacial score (nSPS) is 17.5. The number of rotatable bonds is 4. The number of piperazine rings is 1. The van der Waals surface area contributed by atoms with Crippen LogP contribution in [0.1, 0.15) is 24.2 Å². The lowest BCUT2D eigenvalue weighted by atomic mass is 10.1. The highest BCUT2D eigenvalue weighted by Gasteiger charge is 2.33. The summed E-state index contributed by atoms with van der Waals surface area (Å²) in [6.45, 7) is 4.93. The first kappa shape index (κ1) is 20.8. The Kier molecular flexibility index (Phi) is 5.84. The van der Waals surface area contributed by atoms with Crippen LogP contribution in [0.2, 0.25) is 0 Å². The number of fused-ring (bicyclic) bond motifs is 1. The van der Waals surface area contributed by atoms with Crippen molar-refractivity contribution in [1.29, 1.82) is 0 Å². The van der Waals surface area contributed by atoms with Gasteiger partial charge in [-0.05, 0) is 50.2 Å². The molecule has 2 atom stereocenters. The lowest BCUT2D eigenvalue weighted by molar-refractivity contribution is -0.142. The molecule has 1 aliphatic heterocycles. The Bertz CT molecular complexity index is 1110. The van der Waals surface area contributed by atoms with Crippen molar-refractivity contribution < 1.29 is 18.7 Å². The minimum absolute atomic E-state index is 0.0345. The first-order valence-corrected chi connectivity index (χ1v) is 10.3. The molecule has 3 aromatic rings. The smallest absolute Gasteiger partial charge is 0.263 e. The van der Waals surface area contributed by atoms with Crippen molar-refractivity contribution in [1.82, 2.24) is 14.8 Å². The first-order valence-electron chi connectivity index (χ1n) is 10.3. The van der Waals surface area contributed by atoms with Crippen LogP contribution in [0.3, 0.4) is 0 Å². The number of aromatic nitrogens is 1. The van der Waals surface area contributed by atoms with Crippen molar-refractivity contribution in [3.05, 3.63) is 72.2 Å². The molecule has 160 valence electrons. The quantitative estimate of drug-likeness (QED) is 0.647. The summed E-state index contributed by atoms with van der Waals surface area (Å²) >= 11 is 0. The number of hydrogen-bond acceptors (Lipinski definition) is 4. The summed E-state index contributed by atoms with van der Waals surface area (Å²) in [5.41, 5.74) is 1.02. The van der Waals surface area contributed by atoms with Gasteiger partial charge in [-0.2, -0.15) is 0 Å². The van der Waals surface area contributed by atoms with Crippen LogP contribution in [-0.4, -0.2) is 58.4 Å². The summed E-state index contributed by atoms with van der Waals surface area (Å²) in [6, 6.07) is 15.1. The predicted octanol–water partition coefficient (Wildman–Crippen LogP) is 3.51. The molecule has 2 heterocycles. The van der Waals surface area contributed by atoms with Crippen LogP contribution in [0.5, 0.6) is 5.75 Å². The number of halogens is 1. The standard InChI is InChI=1S/C24H24FN3O3/c1-16-15-27(24(30)18-7-4-3-5-8-18)13-14-28(16)23(29)17(2)31-21-11-10-20(25)19-9-6-12-26-22(19)21/h3-12,16-17H,13-15H2,1-2H3/t16-,17?/m1/s1. The average Bonchev–Trinajstić information content (AvgIpc) is 2.80. The zero-order valence-electron chi connectivity index (χ0n) is 17.5. The molecule has 0 saturated carbocycles. The lowest BCUT2D eigenvalue weighted by Gasteiger charge is -2.40. The van der Waals surface area contributed by atoms with Crippen LogP contribution < -0.4 is 4.74 Å². The Hall–Kier alpha value is -3.48. The molecular weight excluding hydrogens is 397 g/mol. The Morgan fingerprint density at radius 3 is 2.61 bits per heavy atom. The zero-order valence-corrected chi connectivity index (χ0v) is 17.5. The Balaban J connectivity index is 1.43. The monoisotopic (exact) mass is 421 g/mol. The second kappa shape index (κ2) is 8.71. The van der Waals surface area contributed by atoms with Crippen LogP contribution in [0.4, 0.5) is 4.39 Å². The molecule has 7 heteroatoms. The number of hydrogen-bond donors (Lipinski definition) is 0. The van der Waals surface area contributed by atoms with Crippen molar-refractivity contribution in [2.24, 2.45) is 0 Å². The van der Waals surface area contributed by atoms with Gasteiger partial charge in [0.2, 0.25) is 0 Å². The van der Waals surface area contributed by atoms with Gasteiger partial charge in [0.15, 0.2) is 6.10 Å². The van der Waals surface area contributed by atoms with Crippen molar-refractivity contribution in [2.75, 3.05) is 19.6 Å². The summed E-state index contributed by atoms with van der Waals surface area (Å²) in [4.78, 5) is 33.5. The molecule has 31 heavy (non-hydrogen) atoms. The predicted molar refractivity (Wildman–Crippen MR) is 115 cm³/mol. The van der Waals surface area contributed by atoms with E-state index in [9.17, 15) is 14.0 Å². The molecule has 1 aromatic heterocycles. The third-order valence-electron chi connectivity index (χ3n) is 5.55.